The summed E-state index contributed by atoms with van der Waals surface area (Å²) in [4.78, 5) is 12.4. The lowest BCUT2D eigenvalue weighted by atomic mass is 9.43. The van der Waals surface area contributed by atoms with Crippen LogP contribution in [0.1, 0.15) is 72.1 Å². The maximum absolute atomic E-state index is 12.4. The van der Waals surface area contributed by atoms with Crippen molar-refractivity contribution in [1.82, 2.24) is 5.32 Å². The average Bonchev–Trinajstić information content (AvgIpc) is 3.17. The number of hydrogen-bond donors (Lipinski definition) is 1. The predicted molar refractivity (Wildman–Crippen MR) is 106 cm³/mol. The maximum atomic E-state index is 12.4. The first-order chi connectivity index (χ1) is 12.3. The van der Waals surface area contributed by atoms with Gasteiger partial charge in [-0.05, 0) is 99.0 Å². The summed E-state index contributed by atoms with van der Waals surface area (Å²) in [5.74, 6) is 1.84. The van der Waals surface area contributed by atoms with Crippen molar-refractivity contribution < 1.29 is 4.79 Å². The highest BCUT2D eigenvalue weighted by Gasteiger charge is 2.80. The Morgan fingerprint density at radius 2 is 1.92 bits per heavy atom. The molecule has 5 aliphatic carbocycles. The lowest BCUT2D eigenvalue weighted by Gasteiger charge is -2.61. The molecular weight excluding hydrogens is 318 g/mol. The third-order valence-corrected chi connectivity index (χ3v) is 10.5. The molecule has 26 heavy (non-hydrogen) atoms. The zero-order valence-corrected chi connectivity index (χ0v) is 17.1. The second-order valence-electron chi connectivity index (χ2n) is 10.8. The number of likely N-dealkylation sites (N-methyl/N-ethyl adjacent to an activating group) is 1. The Morgan fingerprint density at radius 1 is 1.15 bits per heavy atom. The number of fused-ring (bicyclic) bond motifs is 2. The quantitative estimate of drug-likeness (QED) is 0.704. The second-order valence-corrected chi connectivity index (χ2v) is 10.8. The van der Waals surface area contributed by atoms with Gasteiger partial charge in [-0.25, -0.2) is 0 Å². The van der Waals surface area contributed by atoms with Gasteiger partial charge in [0.15, 0.2) is 5.78 Å². The van der Waals surface area contributed by atoms with Gasteiger partial charge in [-0.3, -0.25) is 4.79 Å². The molecule has 0 aromatic rings. The molecule has 0 aromatic heterocycles. The molecule has 142 valence electrons. The molecule has 0 aromatic carbocycles. The van der Waals surface area contributed by atoms with Crippen LogP contribution in [0, 0.1) is 33.5 Å². The molecule has 0 radical (unpaired) electrons. The highest BCUT2D eigenvalue weighted by Crippen LogP contribution is 2.87. The molecule has 7 atom stereocenters. The summed E-state index contributed by atoms with van der Waals surface area (Å²) < 4.78 is 0. The van der Waals surface area contributed by atoms with Gasteiger partial charge in [0.25, 0.3) is 0 Å². The van der Waals surface area contributed by atoms with Crippen LogP contribution in [-0.4, -0.2) is 18.9 Å². The number of ketones is 1. The molecule has 0 saturated heterocycles. The number of carbonyl (C=O) groups excluding carboxylic acids is 1. The third-order valence-electron chi connectivity index (χ3n) is 10.5. The topological polar surface area (TPSA) is 29.1 Å². The van der Waals surface area contributed by atoms with Gasteiger partial charge in [-0.2, -0.15) is 0 Å². The van der Waals surface area contributed by atoms with Crippen LogP contribution in [0.4, 0.5) is 0 Å². The molecule has 5 aliphatic rings. The van der Waals surface area contributed by atoms with E-state index in [1.54, 1.807) is 6.92 Å². The zero-order valence-electron chi connectivity index (χ0n) is 17.1. The Kier molecular flexibility index (Phi) is 3.27. The Morgan fingerprint density at radius 3 is 2.62 bits per heavy atom. The fraction of sp³-hybridized carbons (Fsp3) is 0.792. The first-order valence-electron chi connectivity index (χ1n) is 10.8. The van der Waals surface area contributed by atoms with Crippen molar-refractivity contribution in [2.24, 2.45) is 33.5 Å². The molecule has 2 spiro atoms. The van der Waals surface area contributed by atoms with Gasteiger partial charge in [0.2, 0.25) is 0 Å². The molecule has 4 fully saturated rings. The van der Waals surface area contributed by atoms with Crippen LogP contribution in [0.25, 0.3) is 0 Å². The summed E-state index contributed by atoms with van der Waals surface area (Å²) in [7, 11) is 2.10. The summed E-state index contributed by atoms with van der Waals surface area (Å²) in [6.07, 6.45) is 12.7. The monoisotopic (exact) mass is 353 g/mol. The minimum absolute atomic E-state index is 0.102. The van der Waals surface area contributed by atoms with E-state index in [2.05, 4.69) is 38.9 Å². The molecule has 1 N–H and O–H groups in total. The highest BCUT2D eigenvalue weighted by molar-refractivity contribution is 5.95. The van der Waals surface area contributed by atoms with Crippen LogP contribution in [0.3, 0.4) is 0 Å². The number of hydrogen-bond acceptors (Lipinski definition) is 2. The van der Waals surface area contributed by atoms with E-state index in [0.717, 1.165) is 23.8 Å². The van der Waals surface area contributed by atoms with E-state index in [1.165, 1.54) is 50.5 Å². The Hall–Kier alpha value is -0.890. The SMILES string of the molecule is C=C1[C@@H](NC)CCC23CC24CC[C@]2(C)C(C(C)=O)=CC[C@@]2(C)[C@@H]4CC[C@@H]13. The van der Waals surface area contributed by atoms with Crippen molar-refractivity contribution in [3.05, 3.63) is 23.8 Å². The molecule has 0 heterocycles. The molecule has 5 rings (SSSR count). The number of nitrogens with one attached hydrogen (secondary N) is 1. The van der Waals surface area contributed by atoms with Crippen molar-refractivity contribution in [3.63, 3.8) is 0 Å². The molecule has 2 nitrogen and oxygen atoms in total. The normalized spacial score (nSPS) is 54.5. The van der Waals surface area contributed by atoms with Crippen LogP contribution in [0.5, 0.6) is 0 Å². The summed E-state index contributed by atoms with van der Waals surface area (Å²) >= 11 is 0. The van der Waals surface area contributed by atoms with E-state index in [9.17, 15) is 4.79 Å². The number of allylic oxidation sites excluding steroid dienone is 2. The third kappa shape index (κ3) is 1.64. The summed E-state index contributed by atoms with van der Waals surface area (Å²) in [5.41, 5.74) is 4.12. The van der Waals surface area contributed by atoms with Crippen LogP contribution in [0.15, 0.2) is 23.8 Å². The number of carbonyl (C=O) groups is 1. The standard InChI is InChI=1S/C24H35NO/c1-15-17-6-7-20-22(4)10-8-18(16(2)26)21(22,3)12-13-24(20)14-23(17,24)11-9-19(15)25-5/h8,17,19-20,25H,1,6-7,9-14H2,2-5H3/t17-,19-,20-,21+,22-,23?,24?/m0/s1. The van der Waals surface area contributed by atoms with Crippen LogP contribution in [-0.2, 0) is 4.79 Å². The van der Waals surface area contributed by atoms with Gasteiger partial charge < -0.3 is 5.32 Å². The van der Waals surface area contributed by atoms with Crippen molar-refractivity contribution >= 4 is 5.78 Å². The van der Waals surface area contributed by atoms with E-state index in [-0.39, 0.29) is 10.8 Å². The molecule has 4 saturated carbocycles. The highest BCUT2D eigenvalue weighted by atomic mass is 16.1. The Bertz CT molecular complexity index is 736. The fourth-order valence-corrected chi connectivity index (χ4v) is 9.02. The molecule has 0 aliphatic heterocycles. The molecular formula is C24H35NO. The van der Waals surface area contributed by atoms with Crippen molar-refractivity contribution in [1.29, 1.82) is 0 Å². The van der Waals surface area contributed by atoms with Gasteiger partial charge in [-0.15, -0.1) is 0 Å². The fourth-order valence-electron chi connectivity index (χ4n) is 9.02. The van der Waals surface area contributed by atoms with Crippen molar-refractivity contribution in [2.45, 2.75) is 78.2 Å². The van der Waals surface area contributed by atoms with Gasteiger partial charge >= 0.3 is 0 Å². The second kappa shape index (κ2) is 4.93. The van der Waals surface area contributed by atoms with E-state index in [4.69, 9.17) is 0 Å². The molecule has 0 bridgehead atoms. The average molecular weight is 354 g/mol. The van der Waals surface area contributed by atoms with Crippen LogP contribution >= 0.6 is 0 Å². The zero-order chi connectivity index (χ0) is 18.5. The molecule has 0 amide bonds. The number of Topliss-reactive ketones (excluding diaryl/α,β-unsaturated/α-hetero) is 1. The van der Waals surface area contributed by atoms with E-state index >= 15 is 0 Å². The minimum atomic E-state index is 0.102. The van der Waals surface area contributed by atoms with Crippen LogP contribution in [0.2, 0.25) is 0 Å². The number of rotatable bonds is 2. The summed E-state index contributed by atoms with van der Waals surface area (Å²) in [6, 6.07) is 0.529. The Balaban J connectivity index is 1.52. The summed E-state index contributed by atoms with van der Waals surface area (Å²) in [6.45, 7) is 11.3. The molecule has 2 unspecified atom stereocenters. The predicted octanol–water partition coefficient (Wildman–Crippen LogP) is 5.05. The van der Waals surface area contributed by atoms with Gasteiger partial charge in [0.05, 0.1) is 0 Å². The maximum Gasteiger partial charge on any atom is 0.156 e. The van der Waals surface area contributed by atoms with E-state index in [0.29, 0.717) is 22.7 Å². The van der Waals surface area contributed by atoms with Crippen molar-refractivity contribution in [2.75, 3.05) is 7.05 Å². The van der Waals surface area contributed by atoms with Gasteiger partial charge in [0.1, 0.15) is 0 Å². The largest absolute Gasteiger partial charge is 0.313 e. The van der Waals surface area contributed by atoms with Crippen molar-refractivity contribution in [3.8, 4) is 0 Å². The summed E-state index contributed by atoms with van der Waals surface area (Å²) in [5, 5.41) is 3.52. The minimum Gasteiger partial charge on any atom is -0.313 e. The smallest absolute Gasteiger partial charge is 0.156 e. The van der Waals surface area contributed by atoms with E-state index < -0.39 is 0 Å². The van der Waals surface area contributed by atoms with Gasteiger partial charge in [0, 0.05) is 11.5 Å². The van der Waals surface area contributed by atoms with Crippen LogP contribution < -0.4 is 5.32 Å². The Labute approximate surface area is 158 Å². The van der Waals surface area contributed by atoms with Gasteiger partial charge in [-0.1, -0.05) is 32.1 Å². The lowest BCUT2D eigenvalue weighted by molar-refractivity contribution is -0.121. The molecule has 2 heteroatoms. The first-order valence-corrected chi connectivity index (χ1v) is 10.8. The van der Waals surface area contributed by atoms with E-state index in [1.807, 2.05) is 0 Å². The lowest BCUT2D eigenvalue weighted by Crippen LogP contribution is -2.55. The first kappa shape index (κ1) is 17.2.